The molecular formula is C11H18N4O2. The van der Waals surface area contributed by atoms with Gasteiger partial charge in [0.05, 0.1) is 12.6 Å². The largest absolute Gasteiger partial charge is 0.461 e. The molecule has 2 rings (SSSR count). The number of carbonyl (C=O) groups excluding carboxylic acids is 1. The van der Waals surface area contributed by atoms with Crippen LogP contribution >= 0.6 is 0 Å². The lowest BCUT2D eigenvalue weighted by atomic mass is 10.0. The molecule has 94 valence electrons. The van der Waals surface area contributed by atoms with E-state index in [1.54, 1.807) is 6.92 Å². The minimum absolute atomic E-state index is 0.0724. The highest BCUT2D eigenvalue weighted by Crippen LogP contribution is 2.32. The van der Waals surface area contributed by atoms with Crippen LogP contribution in [0.25, 0.3) is 0 Å². The number of carbonyl (C=O) groups is 1. The molecule has 2 N–H and O–H groups in total. The van der Waals surface area contributed by atoms with Gasteiger partial charge in [0.25, 0.3) is 0 Å². The first-order valence-corrected chi connectivity index (χ1v) is 5.89. The molecule has 1 saturated heterocycles. The normalized spacial score (nSPS) is 22.6. The molecule has 1 aliphatic heterocycles. The Morgan fingerprint density at radius 2 is 2.29 bits per heavy atom. The zero-order chi connectivity index (χ0) is 12.5. The lowest BCUT2D eigenvalue weighted by Gasteiger charge is -2.19. The number of aromatic amines is 1. The Morgan fingerprint density at radius 1 is 1.53 bits per heavy atom. The topological polar surface area (TPSA) is 79.9 Å². The van der Waals surface area contributed by atoms with Gasteiger partial charge >= 0.3 is 5.97 Å². The maximum absolute atomic E-state index is 11.7. The van der Waals surface area contributed by atoms with Gasteiger partial charge in [-0.15, -0.1) is 5.10 Å². The molecule has 1 aromatic heterocycles. The Kier molecular flexibility index (Phi) is 3.15. The third-order valence-electron chi connectivity index (χ3n) is 3.00. The molecule has 6 heteroatoms. The summed E-state index contributed by atoms with van der Waals surface area (Å²) in [4.78, 5) is 11.7. The summed E-state index contributed by atoms with van der Waals surface area (Å²) >= 11 is 0. The van der Waals surface area contributed by atoms with Gasteiger partial charge in [-0.25, -0.2) is 4.79 Å². The molecule has 0 amide bonds. The minimum atomic E-state index is -0.414. The second kappa shape index (κ2) is 4.44. The van der Waals surface area contributed by atoms with Crippen molar-refractivity contribution in [1.82, 2.24) is 20.7 Å². The lowest BCUT2D eigenvalue weighted by molar-refractivity contribution is 0.0517. The molecule has 1 aliphatic rings. The number of hydrogen-bond donors (Lipinski definition) is 2. The Balaban J connectivity index is 2.17. The Morgan fingerprint density at radius 3 is 2.88 bits per heavy atom. The van der Waals surface area contributed by atoms with Gasteiger partial charge < -0.3 is 10.1 Å². The Labute approximate surface area is 100 Å². The van der Waals surface area contributed by atoms with Crippen LogP contribution in [0, 0.1) is 0 Å². The first kappa shape index (κ1) is 12.0. The van der Waals surface area contributed by atoms with E-state index in [-0.39, 0.29) is 11.6 Å². The predicted octanol–water partition coefficient (Wildman–Crippen LogP) is 1.18. The van der Waals surface area contributed by atoms with Crippen molar-refractivity contribution >= 4 is 5.97 Å². The number of esters is 1. The summed E-state index contributed by atoms with van der Waals surface area (Å²) in [5.74, 6) is -0.414. The van der Waals surface area contributed by atoms with E-state index in [4.69, 9.17) is 4.74 Å². The second-order valence-corrected chi connectivity index (χ2v) is 4.90. The van der Waals surface area contributed by atoms with E-state index in [1.165, 1.54) is 0 Å². The summed E-state index contributed by atoms with van der Waals surface area (Å²) in [6, 6.07) is 0.0724. The zero-order valence-electron chi connectivity index (χ0n) is 10.4. The third kappa shape index (κ3) is 2.46. The average Bonchev–Trinajstić information content (AvgIpc) is 2.84. The van der Waals surface area contributed by atoms with Gasteiger partial charge in [-0.1, -0.05) is 0 Å². The van der Waals surface area contributed by atoms with E-state index in [0.717, 1.165) is 12.8 Å². The van der Waals surface area contributed by atoms with Crippen molar-refractivity contribution in [3.8, 4) is 0 Å². The quantitative estimate of drug-likeness (QED) is 0.773. The van der Waals surface area contributed by atoms with Crippen LogP contribution in [0.15, 0.2) is 0 Å². The van der Waals surface area contributed by atoms with Crippen LogP contribution in [-0.2, 0) is 4.74 Å². The van der Waals surface area contributed by atoms with E-state index < -0.39 is 5.97 Å². The number of hydrogen-bond acceptors (Lipinski definition) is 5. The molecule has 6 nitrogen and oxygen atoms in total. The van der Waals surface area contributed by atoms with Gasteiger partial charge in [0.15, 0.2) is 5.69 Å². The van der Waals surface area contributed by atoms with Crippen molar-refractivity contribution in [2.24, 2.45) is 0 Å². The molecule has 1 fully saturated rings. The fourth-order valence-electron chi connectivity index (χ4n) is 2.16. The van der Waals surface area contributed by atoms with Crippen LogP contribution in [0.5, 0.6) is 0 Å². The van der Waals surface area contributed by atoms with Gasteiger partial charge in [0, 0.05) is 5.54 Å². The summed E-state index contributed by atoms with van der Waals surface area (Å²) in [6.45, 7) is 6.39. The van der Waals surface area contributed by atoms with Crippen LogP contribution in [-0.4, -0.2) is 33.5 Å². The first-order chi connectivity index (χ1) is 8.03. The summed E-state index contributed by atoms with van der Waals surface area (Å²) < 4.78 is 4.95. The maximum atomic E-state index is 11.7. The van der Waals surface area contributed by atoms with Crippen LogP contribution in [0.4, 0.5) is 0 Å². The third-order valence-corrected chi connectivity index (χ3v) is 3.00. The molecule has 0 spiro atoms. The highest BCUT2D eigenvalue weighted by Gasteiger charge is 2.35. The molecule has 17 heavy (non-hydrogen) atoms. The fraction of sp³-hybridized carbons (Fsp3) is 0.727. The fourth-order valence-corrected chi connectivity index (χ4v) is 2.16. The van der Waals surface area contributed by atoms with E-state index in [0.29, 0.717) is 18.0 Å². The van der Waals surface area contributed by atoms with Crippen molar-refractivity contribution in [3.05, 3.63) is 11.4 Å². The predicted molar refractivity (Wildman–Crippen MR) is 61.5 cm³/mol. The van der Waals surface area contributed by atoms with E-state index >= 15 is 0 Å². The van der Waals surface area contributed by atoms with Crippen LogP contribution in [0.2, 0.25) is 0 Å². The van der Waals surface area contributed by atoms with Crippen molar-refractivity contribution in [3.63, 3.8) is 0 Å². The smallest absolute Gasteiger partial charge is 0.360 e. The monoisotopic (exact) mass is 238 g/mol. The van der Waals surface area contributed by atoms with Crippen molar-refractivity contribution in [2.75, 3.05) is 6.61 Å². The van der Waals surface area contributed by atoms with Gasteiger partial charge in [-0.3, -0.25) is 0 Å². The molecule has 0 saturated carbocycles. The van der Waals surface area contributed by atoms with Gasteiger partial charge in [0.1, 0.15) is 5.69 Å². The van der Waals surface area contributed by atoms with E-state index in [1.807, 2.05) is 0 Å². The molecule has 1 aromatic rings. The summed E-state index contributed by atoms with van der Waals surface area (Å²) in [6.07, 6.45) is 2.00. The molecule has 0 radical (unpaired) electrons. The van der Waals surface area contributed by atoms with Gasteiger partial charge in [0.2, 0.25) is 0 Å². The molecule has 1 atom stereocenters. The van der Waals surface area contributed by atoms with Gasteiger partial charge in [-0.05, 0) is 33.6 Å². The molecule has 0 bridgehead atoms. The van der Waals surface area contributed by atoms with Crippen LogP contribution in [0.3, 0.4) is 0 Å². The summed E-state index contributed by atoms with van der Waals surface area (Å²) in [5.41, 5.74) is 1.03. The maximum Gasteiger partial charge on any atom is 0.360 e. The lowest BCUT2D eigenvalue weighted by Crippen LogP contribution is -2.34. The summed E-state index contributed by atoms with van der Waals surface area (Å²) in [7, 11) is 0. The number of nitrogens with one attached hydrogen (secondary N) is 2. The van der Waals surface area contributed by atoms with Crippen LogP contribution < -0.4 is 5.32 Å². The second-order valence-electron chi connectivity index (χ2n) is 4.90. The Bertz CT molecular complexity index is 413. The highest BCUT2D eigenvalue weighted by atomic mass is 16.5. The summed E-state index contributed by atoms with van der Waals surface area (Å²) in [5, 5.41) is 13.9. The van der Waals surface area contributed by atoms with Crippen molar-refractivity contribution in [2.45, 2.75) is 45.2 Å². The Hall–Kier alpha value is -1.43. The molecule has 0 aromatic carbocycles. The van der Waals surface area contributed by atoms with Crippen LogP contribution in [0.1, 0.15) is 55.8 Å². The molecular weight excluding hydrogens is 220 g/mol. The first-order valence-electron chi connectivity index (χ1n) is 5.89. The minimum Gasteiger partial charge on any atom is -0.461 e. The molecule has 2 heterocycles. The van der Waals surface area contributed by atoms with Crippen molar-refractivity contribution < 1.29 is 9.53 Å². The number of ether oxygens (including phenoxy) is 1. The van der Waals surface area contributed by atoms with Gasteiger partial charge in [-0.2, -0.15) is 10.3 Å². The molecule has 1 unspecified atom stereocenters. The zero-order valence-corrected chi connectivity index (χ0v) is 10.4. The SMILES string of the molecule is CCOC(=O)c1n[nH]nc1C1CCC(C)(C)N1. The number of aromatic nitrogens is 3. The number of H-pyrrole nitrogens is 1. The molecule has 0 aliphatic carbocycles. The van der Waals surface area contributed by atoms with E-state index in [9.17, 15) is 4.79 Å². The average molecular weight is 238 g/mol. The number of rotatable bonds is 3. The number of nitrogens with zero attached hydrogens (tertiary/aromatic N) is 2. The highest BCUT2D eigenvalue weighted by molar-refractivity contribution is 5.88. The van der Waals surface area contributed by atoms with Crippen molar-refractivity contribution in [1.29, 1.82) is 0 Å². The van der Waals surface area contributed by atoms with E-state index in [2.05, 4.69) is 34.6 Å². The standard InChI is InChI=1S/C11H18N4O2/c1-4-17-10(16)9-8(13-15-14-9)7-5-6-11(2,3)12-7/h7,12H,4-6H2,1-3H3,(H,13,14,15).